The Morgan fingerprint density at radius 2 is 1.80 bits per heavy atom. The number of rotatable bonds is 2. The lowest BCUT2D eigenvalue weighted by molar-refractivity contribution is -0.127. The van der Waals surface area contributed by atoms with E-state index >= 15 is 0 Å². The van der Waals surface area contributed by atoms with Gasteiger partial charge in [-0.3, -0.25) is 9.69 Å². The van der Waals surface area contributed by atoms with Gasteiger partial charge in [0, 0.05) is 13.0 Å². The lowest BCUT2D eigenvalue weighted by atomic mass is 10.2. The maximum atomic E-state index is 12.0. The molecule has 6 nitrogen and oxygen atoms in total. The molecule has 1 aliphatic rings. The quantitative estimate of drug-likeness (QED) is 0.896. The van der Waals surface area contributed by atoms with Gasteiger partial charge in [-0.15, -0.1) is 0 Å². The van der Waals surface area contributed by atoms with Gasteiger partial charge in [0.05, 0.1) is 4.90 Å². The summed E-state index contributed by atoms with van der Waals surface area (Å²) in [6.07, 6.45) is 2.57. The monoisotopic (exact) mass is 296 g/mol. The molecule has 7 heteroatoms. The summed E-state index contributed by atoms with van der Waals surface area (Å²) >= 11 is 0. The molecule has 1 heterocycles. The molecule has 3 amide bonds. The van der Waals surface area contributed by atoms with Crippen LogP contribution >= 0.6 is 0 Å². The van der Waals surface area contributed by atoms with E-state index in [1.807, 2.05) is 4.72 Å². The first kappa shape index (κ1) is 14.5. The van der Waals surface area contributed by atoms with Crippen molar-refractivity contribution >= 4 is 22.0 Å². The van der Waals surface area contributed by atoms with E-state index in [1.54, 1.807) is 18.2 Å². The Bertz CT molecular complexity index is 598. The third kappa shape index (κ3) is 3.36. The molecule has 2 rings (SSSR count). The highest BCUT2D eigenvalue weighted by atomic mass is 32.2. The molecule has 20 heavy (non-hydrogen) atoms. The Balaban J connectivity index is 2.13. The van der Waals surface area contributed by atoms with E-state index in [9.17, 15) is 18.0 Å². The molecule has 1 aromatic carbocycles. The fourth-order valence-corrected chi connectivity index (χ4v) is 3.00. The normalized spacial score (nSPS) is 16.6. The van der Waals surface area contributed by atoms with Crippen LogP contribution in [-0.4, -0.2) is 31.8 Å². The lowest BCUT2D eigenvalue weighted by Crippen LogP contribution is -2.45. The SMILES string of the molecule is O=C1CCCCCN1C(=O)NS(=O)(=O)c1ccccc1. The van der Waals surface area contributed by atoms with Gasteiger partial charge in [-0.2, -0.15) is 0 Å². The van der Waals surface area contributed by atoms with Crippen molar-refractivity contribution in [3.8, 4) is 0 Å². The van der Waals surface area contributed by atoms with Crippen molar-refractivity contribution in [3.63, 3.8) is 0 Å². The zero-order valence-electron chi connectivity index (χ0n) is 10.9. The van der Waals surface area contributed by atoms with Gasteiger partial charge in [0.1, 0.15) is 0 Å². The summed E-state index contributed by atoms with van der Waals surface area (Å²) in [4.78, 5) is 24.7. The number of carbonyl (C=O) groups excluding carboxylic acids is 2. The zero-order valence-corrected chi connectivity index (χ0v) is 11.7. The van der Waals surface area contributed by atoms with Crippen LogP contribution in [0.5, 0.6) is 0 Å². The van der Waals surface area contributed by atoms with Crippen molar-refractivity contribution in [2.45, 2.75) is 30.6 Å². The van der Waals surface area contributed by atoms with Gasteiger partial charge in [0.15, 0.2) is 0 Å². The molecule has 1 saturated heterocycles. The van der Waals surface area contributed by atoms with Gasteiger partial charge in [0.2, 0.25) is 5.91 Å². The molecule has 0 bridgehead atoms. The number of nitrogens with one attached hydrogen (secondary N) is 1. The summed E-state index contributed by atoms with van der Waals surface area (Å²) in [5, 5.41) is 0. The van der Waals surface area contributed by atoms with Crippen molar-refractivity contribution in [1.29, 1.82) is 0 Å². The molecule has 0 saturated carbocycles. The van der Waals surface area contributed by atoms with Crippen LogP contribution in [0.25, 0.3) is 0 Å². The fraction of sp³-hybridized carbons (Fsp3) is 0.385. The van der Waals surface area contributed by atoms with Gasteiger partial charge in [0.25, 0.3) is 10.0 Å². The molecular weight excluding hydrogens is 280 g/mol. The van der Waals surface area contributed by atoms with E-state index in [0.717, 1.165) is 17.7 Å². The largest absolute Gasteiger partial charge is 0.337 e. The maximum absolute atomic E-state index is 12.0. The number of sulfonamides is 1. The number of likely N-dealkylation sites (tertiary alicyclic amines) is 1. The Morgan fingerprint density at radius 1 is 1.10 bits per heavy atom. The molecule has 1 aromatic rings. The predicted octanol–water partition coefficient (Wildman–Crippen LogP) is 1.49. The fourth-order valence-electron chi connectivity index (χ4n) is 2.03. The highest BCUT2D eigenvalue weighted by molar-refractivity contribution is 7.90. The van der Waals surface area contributed by atoms with Gasteiger partial charge in [-0.1, -0.05) is 24.6 Å². The van der Waals surface area contributed by atoms with Crippen molar-refractivity contribution in [2.75, 3.05) is 6.54 Å². The summed E-state index contributed by atoms with van der Waals surface area (Å²) in [6.45, 7) is 0.259. The van der Waals surface area contributed by atoms with Crippen LogP contribution in [0.15, 0.2) is 35.2 Å². The minimum Gasteiger partial charge on any atom is -0.274 e. The third-order valence-electron chi connectivity index (χ3n) is 3.09. The maximum Gasteiger partial charge on any atom is 0.337 e. The highest BCUT2D eigenvalue weighted by Gasteiger charge is 2.27. The van der Waals surface area contributed by atoms with Crippen molar-refractivity contribution in [1.82, 2.24) is 9.62 Å². The van der Waals surface area contributed by atoms with E-state index < -0.39 is 16.1 Å². The number of urea groups is 1. The van der Waals surface area contributed by atoms with Gasteiger partial charge in [-0.05, 0) is 25.0 Å². The Morgan fingerprint density at radius 3 is 2.50 bits per heavy atom. The van der Waals surface area contributed by atoms with Crippen molar-refractivity contribution in [2.24, 2.45) is 0 Å². The molecule has 108 valence electrons. The third-order valence-corrected chi connectivity index (χ3v) is 4.43. The molecule has 0 aliphatic carbocycles. The van der Waals surface area contributed by atoms with Gasteiger partial charge in [-0.25, -0.2) is 17.9 Å². The molecule has 0 radical (unpaired) electrons. The number of hydrogen-bond donors (Lipinski definition) is 1. The van der Waals surface area contributed by atoms with Gasteiger partial charge >= 0.3 is 6.03 Å². The van der Waals surface area contributed by atoms with Crippen molar-refractivity contribution in [3.05, 3.63) is 30.3 Å². The number of amides is 3. The summed E-state index contributed by atoms with van der Waals surface area (Å²) < 4.78 is 26.0. The van der Waals surface area contributed by atoms with E-state index in [1.165, 1.54) is 12.1 Å². The van der Waals surface area contributed by atoms with E-state index in [2.05, 4.69) is 0 Å². The minimum atomic E-state index is -3.94. The summed E-state index contributed by atoms with van der Waals surface area (Å²) in [5.74, 6) is -0.330. The first-order chi connectivity index (χ1) is 9.50. The average molecular weight is 296 g/mol. The summed E-state index contributed by atoms with van der Waals surface area (Å²) in [6, 6.07) is 6.71. The molecular formula is C13H16N2O4S. The topological polar surface area (TPSA) is 83.6 Å². The molecule has 0 aromatic heterocycles. The smallest absolute Gasteiger partial charge is 0.274 e. The zero-order chi connectivity index (χ0) is 14.6. The lowest BCUT2D eigenvalue weighted by Gasteiger charge is -2.18. The predicted molar refractivity (Wildman–Crippen MR) is 72.3 cm³/mol. The van der Waals surface area contributed by atoms with Crippen LogP contribution < -0.4 is 4.72 Å². The molecule has 0 spiro atoms. The average Bonchev–Trinajstić information content (AvgIpc) is 2.64. The number of imide groups is 1. The minimum absolute atomic E-state index is 0.00405. The number of nitrogens with zero attached hydrogens (tertiary/aromatic N) is 1. The summed E-state index contributed by atoms with van der Waals surface area (Å²) in [7, 11) is -3.94. The summed E-state index contributed by atoms with van der Waals surface area (Å²) in [5.41, 5.74) is 0. The highest BCUT2D eigenvalue weighted by Crippen LogP contribution is 2.13. The van der Waals surface area contributed by atoms with E-state index in [-0.39, 0.29) is 23.8 Å². The first-order valence-electron chi connectivity index (χ1n) is 6.43. The second kappa shape index (κ2) is 6.04. The second-order valence-corrected chi connectivity index (χ2v) is 6.26. The van der Waals surface area contributed by atoms with E-state index in [0.29, 0.717) is 6.42 Å². The Labute approximate surface area is 117 Å². The van der Waals surface area contributed by atoms with Crippen molar-refractivity contribution < 1.29 is 18.0 Å². The van der Waals surface area contributed by atoms with Crippen LogP contribution in [-0.2, 0) is 14.8 Å². The molecule has 1 aliphatic heterocycles. The van der Waals surface area contributed by atoms with Crippen LogP contribution in [0, 0.1) is 0 Å². The van der Waals surface area contributed by atoms with Crippen LogP contribution in [0.3, 0.4) is 0 Å². The molecule has 0 unspecified atom stereocenters. The Hall–Kier alpha value is -1.89. The Kier molecular flexibility index (Phi) is 4.39. The second-order valence-electron chi connectivity index (χ2n) is 4.58. The van der Waals surface area contributed by atoms with Crippen LogP contribution in [0.4, 0.5) is 4.79 Å². The number of benzene rings is 1. The number of hydrogen-bond acceptors (Lipinski definition) is 4. The molecule has 0 atom stereocenters. The van der Waals surface area contributed by atoms with E-state index in [4.69, 9.17) is 0 Å². The van der Waals surface area contributed by atoms with Crippen LogP contribution in [0.1, 0.15) is 25.7 Å². The first-order valence-corrected chi connectivity index (χ1v) is 7.91. The number of carbonyl (C=O) groups is 2. The van der Waals surface area contributed by atoms with Gasteiger partial charge < -0.3 is 0 Å². The van der Waals surface area contributed by atoms with Crippen LogP contribution in [0.2, 0.25) is 0 Å². The molecule has 1 fully saturated rings. The molecule has 1 N–H and O–H groups in total. The standard InChI is InChI=1S/C13H16N2O4S/c16-12-9-5-2-6-10-15(12)13(17)14-20(18,19)11-7-3-1-4-8-11/h1,3-4,7-8H,2,5-6,9-10H2,(H,14,17).